The van der Waals surface area contributed by atoms with Gasteiger partial charge in [-0.3, -0.25) is 0 Å². The lowest BCUT2D eigenvalue weighted by Gasteiger charge is -2.20. The minimum Gasteiger partial charge on any atom is -0.378 e. The number of nitrogens with one attached hydrogen (secondary N) is 1. The van der Waals surface area contributed by atoms with Gasteiger partial charge in [0.1, 0.15) is 5.69 Å². The van der Waals surface area contributed by atoms with Crippen molar-refractivity contribution >= 4 is 22.8 Å². The number of nitrogen functional groups attached to an aromatic ring is 1. The van der Waals surface area contributed by atoms with Gasteiger partial charge in [-0.25, -0.2) is 9.50 Å². The maximum absolute atomic E-state index is 5.96. The Kier molecular flexibility index (Phi) is 3.33. The zero-order valence-electron chi connectivity index (χ0n) is 15.2. The number of nitrogens with two attached hydrogens (primary N) is 1. The quantitative estimate of drug-likeness (QED) is 0.575. The van der Waals surface area contributed by atoms with Crippen molar-refractivity contribution in [2.45, 2.75) is 6.04 Å². The van der Waals surface area contributed by atoms with E-state index in [-0.39, 0.29) is 12.0 Å². The van der Waals surface area contributed by atoms with Crippen LogP contribution in [0.5, 0.6) is 0 Å². The van der Waals surface area contributed by atoms with Gasteiger partial charge in [0.05, 0.1) is 11.6 Å². The molecule has 1 unspecified atom stereocenters. The molecule has 3 N–H and O–H groups in total. The predicted molar refractivity (Wildman–Crippen MR) is 109 cm³/mol. The van der Waals surface area contributed by atoms with Crippen LogP contribution in [0.15, 0.2) is 60.8 Å². The van der Waals surface area contributed by atoms with Gasteiger partial charge >= 0.3 is 0 Å². The molecule has 3 heterocycles. The number of rotatable bonds is 2. The van der Waals surface area contributed by atoms with Crippen molar-refractivity contribution in [1.82, 2.24) is 14.6 Å². The normalized spacial score (nSPS) is 15.1. The third-order valence-corrected chi connectivity index (χ3v) is 5.09. The molecule has 4 aromatic rings. The number of benzene rings is 2. The van der Waals surface area contributed by atoms with E-state index in [4.69, 9.17) is 5.73 Å². The lowest BCUT2D eigenvalue weighted by molar-refractivity contribution is 0.911. The highest BCUT2D eigenvalue weighted by atomic mass is 15.3. The van der Waals surface area contributed by atoms with Crippen molar-refractivity contribution in [3.63, 3.8) is 0 Å². The molecule has 2 aromatic carbocycles. The highest BCUT2D eigenvalue weighted by Gasteiger charge is 2.27. The van der Waals surface area contributed by atoms with Crippen LogP contribution in [0.25, 0.3) is 16.8 Å². The first kappa shape index (κ1) is 15.7. The number of fused-ring (bicyclic) bond motifs is 2. The Morgan fingerprint density at radius 3 is 2.59 bits per heavy atom. The second kappa shape index (κ2) is 5.74. The van der Waals surface area contributed by atoms with Gasteiger partial charge in [-0.2, -0.15) is 0 Å². The lowest BCUT2D eigenvalue weighted by atomic mass is 9.99. The predicted octanol–water partition coefficient (Wildman–Crippen LogP) is 3.56. The molecule has 1 aliphatic heterocycles. The molecule has 2 aromatic heterocycles. The zero-order valence-corrected chi connectivity index (χ0v) is 15.2. The Balaban J connectivity index is 1.76. The van der Waals surface area contributed by atoms with Crippen LogP contribution in [-0.4, -0.2) is 28.7 Å². The van der Waals surface area contributed by atoms with Crippen molar-refractivity contribution in [2.75, 3.05) is 30.0 Å². The van der Waals surface area contributed by atoms with Crippen molar-refractivity contribution in [3.05, 3.63) is 71.9 Å². The van der Waals surface area contributed by atoms with E-state index in [1.54, 1.807) is 0 Å². The molecule has 0 amide bonds. The molecule has 6 heteroatoms. The highest BCUT2D eigenvalue weighted by Crippen LogP contribution is 2.41. The van der Waals surface area contributed by atoms with Crippen LogP contribution in [0.4, 0.5) is 17.3 Å². The molecule has 1 aliphatic rings. The van der Waals surface area contributed by atoms with Crippen LogP contribution in [0, 0.1) is 0 Å². The fraction of sp³-hybridized carbons (Fsp3) is 0.143. The molecular weight excluding hydrogens is 336 g/mol. The number of hydrogen-bond acceptors (Lipinski definition) is 5. The first-order valence-electron chi connectivity index (χ1n) is 8.90. The second-order valence-electron chi connectivity index (χ2n) is 6.99. The molecule has 6 nitrogen and oxygen atoms in total. The van der Waals surface area contributed by atoms with Crippen molar-refractivity contribution in [1.29, 1.82) is 0 Å². The smallest absolute Gasteiger partial charge is 0.238 e. The first-order chi connectivity index (χ1) is 13.1. The summed E-state index contributed by atoms with van der Waals surface area (Å²) in [5, 5.41) is 8.07. The summed E-state index contributed by atoms with van der Waals surface area (Å²) < 4.78 is 1.83. The third-order valence-electron chi connectivity index (χ3n) is 5.09. The Morgan fingerprint density at radius 1 is 1.04 bits per heavy atom. The van der Waals surface area contributed by atoms with Gasteiger partial charge in [-0.15, -0.1) is 5.10 Å². The summed E-state index contributed by atoms with van der Waals surface area (Å²) >= 11 is 0. The summed E-state index contributed by atoms with van der Waals surface area (Å²) in [6, 6.07) is 18.9. The average Bonchev–Trinajstić information content (AvgIpc) is 3.03. The molecule has 0 bridgehead atoms. The molecule has 0 fully saturated rings. The fourth-order valence-corrected chi connectivity index (χ4v) is 3.76. The molecule has 27 heavy (non-hydrogen) atoms. The van der Waals surface area contributed by atoms with Crippen molar-refractivity contribution in [3.8, 4) is 11.3 Å². The molecule has 0 saturated heterocycles. The van der Waals surface area contributed by atoms with Gasteiger partial charge in [0.25, 0.3) is 0 Å². The first-order valence-corrected chi connectivity index (χ1v) is 8.90. The van der Waals surface area contributed by atoms with E-state index < -0.39 is 0 Å². The molecule has 0 saturated carbocycles. The maximum atomic E-state index is 5.96. The topological polar surface area (TPSA) is 71.5 Å². The Labute approximate surface area is 157 Å². The summed E-state index contributed by atoms with van der Waals surface area (Å²) in [5.74, 6) is 0.267. The van der Waals surface area contributed by atoms with Gasteiger partial charge in [0, 0.05) is 42.8 Å². The minimum atomic E-state index is 0.000775. The van der Waals surface area contributed by atoms with Crippen molar-refractivity contribution in [2.24, 2.45) is 0 Å². The van der Waals surface area contributed by atoms with Gasteiger partial charge in [-0.05, 0) is 29.8 Å². The molecular formula is C21H20N6. The number of aromatic nitrogens is 3. The summed E-state index contributed by atoms with van der Waals surface area (Å²) in [6.07, 6.45) is 1.95. The van der Waals surface area contributed by atoms with E-state index in [2.05, 4.69) is 62.8 Å². The van der Waals surface area contributed by atoms with Gasteiger partial charge < -0.3 is 16.0 Å². The number of anilines is 3. The highest BCUT2D eigenvalue weighted by molar-refractivity contribution is 5.90. The van der Waals surface area contributed by atoms with Gasteiger partial charge in [-0.1, -0.05) is 30.3 Å². The summed E-state index contributed by atoms with van der Waals surface area (Å²) in [6.45, 7) is 0. The number of para-hydroxylation sites is 1. The molecule has 0 radical (unpaired) electrons. The Bertz CT molecular complexity index is 1140. The SMILES string of the molecule is CN(C)c1ccc(C2Nc3ccccc3-c3nc(N)nn4ccc2c34)cc1. The van der Waals surface area contributed by atoms with E-state index in [1.807, 2.05) is 36.9 Å². The van der Waals surface area contributed by atoms with Gasteiger partial charge in [0.15, 0.2) is 0 Å². The average molecular weight is 356 g/mol. The standard InChI is InChI=1S/C21H20N6/c1-26(2)14-9-7-13(8-10-14)18-16-11-12-27-20(16)19(24-21(22)25-27)15-5-3-4-6-17(15)23-18/h3-12,18,23H,1-2H3,(H2,22,25). The number of nitrogens with zero attached hydrogens (tertiary/aromatic N) is 4. The largest absolute Gasteiger partial charge is 0.378 e. The molecule has 1 atom stereocenters. The van der Waals surface area contributed by atoms with Gasteiger partial charge in [0.2, 0.25) is 5.95 Å². The fourth-order valence-electron chi connectivity index (χ4n) is 3.76. The second-order valence-corrected chi connectivity index (χ2v) is 6.99. The van der Waals surface area contributed by atoms with Crippen LogP contribution in [0.2, 0.25) is 0 Å². The third kappa shape index (κ3) is 2.41. The maximum Gasteiger partial charge on any atom is 0.238 e. The van der Waals surface area contributed by atoms with Crippen molar-refractivity contribution < 1.29 is 0 Å². The van der Waals surface area contributed by atoms with E-state index in [0.717, 1.165) is 28.0 Å². The molecule has 0 aliphatic carbocycles. The molecule has 0 spiro atoms. The van der Waals surface area contributed by atoms with E-state index in [0.29, 0.717) is 0 Å². The Morgan fingerprint density at radius 2 is 1.81 bits per heavy atom. The minimum absolute atomic E-state index is 0.000775. The van der Waals surface area contributed by atoms with Crippen LogP contribution in [0.3, 0.4) is 0 Å². The summed E-state index contributed by atoms with van der Waals surface area (Å²) in [4.78, 5) is 6.67. The van der Waals surface area contributed by atoms with Crippen LogP contribution in [-0.2, 0) is 0 Å². The van der Waals surface area contributed by atoms with E-state index >= 15 is 0 Å². The van der Waals surface area contributed by atoms with Crippen LogP contribution < -0.4 is 16.0 Å². The Hall–Kier alpha value is -3.54. The summed E-state index contributed by atoms with van der Waals surface area (Å²) in [7, 11) is 4.09. The number of hydrogen-bond donors (Lipinski definition) is 2. The zero-order chi connectivity index (χ0) is 18.5. The summed E-state index contributed by atoms with van der Waals surface area (Å²) in [5.41, 5.74) is 13.4. The van der Waals surface area contributed by atoms with Crippen LogP contribution >= 0.6 is 0 Å². The van der Waals surface area contributed by atoms with E-state index in [1.165, 1.54) is 11.3 Å². The van der Waals surface area contributed by atoms with E-state index in [9.17, 15) is 0 Å². The lowest BCUT2D eigenvalue weighted by Crippen LogP contribution is -2.12. The molecule has 134 valence electrons. The monoisotopic (exact) mass is 356 g/mol. The molecule has 5 rings (SSSR count). The van der Waals surface area contributed by atoms with Crippen LogP contribution in [0.1, 0.15) is 17.2 Å².